The molecule has 2 heterocycles. The molecular formula is C42H44B2F2O6. The van der Waals surface area contributed by atoms with Crippen LogP contribution in [-0.2, 0) is 28.1 Å². The van der Waals surface area contributed by atoms with Gasteiger partial charge in [0.2, 0.25) is 0 Å². The van der Waals surface area contributed by atoms with Crippen molar-refractivity contribution in [2.45, 2.75) is 104 Å². The van der Waals surface area contributed by atoms with Gasteiger partial charge in [-0.1, -0.05) is 87.1 Å². The maximum atomic E-state index is 15.5. The Kier molecular flexibility index (Phi) is 9.42. The minimum absolute atomic E-state index is 0.120. The van der Waals surface area contributed by atoms with Gasteiger partial charge in [-0.3, -0.25) is 4.79 Å². The van der Waals surface area contributed by atoms with Crippen LogP contribution in [0.2, 0.25) is 0 Å². The Balaban J connectivity index is 1.29. The highest BCUT2D eigenvalue weighted by molar-refractivity contribution is 6.66. The van der Waals surface area contributed by atoms with E-state index in [0.29, 0.717) is 21.7 Å². The third-order valence-corrected chi connectivity index (χ3v) is 10.9. The van der Waals surface area contributed by atoms with Crippen molar-refractivity contribution < 1.29 is 36.9 Å². The van der Waals surface area contributed by atoms with Crippen LogP contribution >= 0.6 is 0 Å². The molecule has 4 aromatic carbocycles. The van der Waals surface area contributed by atoms with Crippen LogP contribution in [0.15, 0.2) is 60.7 Å². The fraction of sp³-hybridized carbons (Fsp3) is 0.405. The van der Waals surface area contributed by atoms with Crippen LogP contribution in [0.25, 0.3) is 21.5 Å². The van der Waals surface area contributed by atoms with E-state index in [2.05, 4.69) is 17.8 Å². The molecule has 2 saturated heterocycles. The Labute approximate surface area is 306 Å². The molecule has 2 atom stereocenters. The number of hydrogen-bond donors (Lipinski definition) is 0. The fourth-order valence-electron chi connectivity index (χ4n) is 7.16. The predicted molar refractivity (Wildman–Crippen MR) is 202 cm³/mol. The van der Waals surface area contributed by atoms with Crippen LogP contribution < -0.4 is 10.9 Å². The zero-order chi connectivity index (χ0) is 38.0. The highest BCUT2D eigenvalue weighted by atomic mass is 19.1. The van der Waals surface area contributed by atoms with E-state index in [1.54, 1.807) is 18.2 Å². The molecule has 6 nitrogen and oxygen atoms in total. The highest BCUT2D eigenvalue weighted by Gasteiger charge is 2.62. The van der Waals surface area contributed by atoms with Crippen LogP contribution in [0.3, 0.4) is 0 Å². The maximum Gasteiger partial charge on any atom is 0.495 e. The Morgan fingerprint density at radius 2 is 1.23 bits per heavy atom. The Morgan fingerprint density at radius 1 is 0.750 bits per heavy atom. The lowest BCUT2D eigenvalue weighted by atomic mass is 9.71. The summed E-state index contributed by atoms with van der Waals surface area (Å²) in [6.07, 6.45) is 4.62. The molecule has 0 amide bonds. The van der Waals surface area contributed by atoms with E-state index in [-0.39, 0.29) is 17.5 Å². The zero-order valence-electron chi connectivity index (χ0n) is 31.5. The summed E-state index contributed by atoms with van der Waals surface area (Å²) in [4.78, 5) is 13.6. The van der Waals surface area contributed by atoms with Crippen molar-refractivity contribution in [2.75, 3.05) is 0 Å². The van der Waals surface area contributed by atoms with E-state index in [1.165, 1.54) is 12.1 Å². The van der Waals surface area contributed by atoms with E-state index in [1.807, 2.05) is 99.6 Å². The van der Waals surface area contributed by atoms with Crippen molar-refractivity contribution >= 4 is 52.7 Å². The van der Waals surface area contributed by atoms with Crippen LogP contribution in [0.1, 0.15) is 86.8 Å². The van der Waals surface area contributed by atoms with E-state index in [9.17, 15) is 9.18 Å². The Bertz CT molecular complexity index is 2170. The number of hydrogen-bond acceptors (Lipinski definition) is 6. The number of ether oxygens (including phenoxy) is 1. The molecule has 0 bridgehead atoms. The summed E-state index contributed by atoms with van der Waals surface area (Å²) < 4.78 is 62.4. The van der Waals surface area contributed by atoms with Crippen LogP contribution in [0.5, 0.6) is 0 Å². The fourth-order valence-corrected chi connectivity index (χ4v) is 7.16. The first-order valence-electron chi connectivity index (χ1n) is 17.5. The molecule has 2 unspecified atom stereocenters. The van der Waals surface area contributed by atoms with Crippen molar-refractivity contribution in [1.82, 2.24) is 0 Å². The number of fused-ring (bicyclic) bond motifs is 2. The van der Waals surface area contributed by atoms with Crippen molar-refractivity contribution in [2.24, 2.45) is 5.41 Å². The molecule has 4 aromatic rings. The molecule has 52 heavy (non-hydrogen) atoms. The minimum Gasteiger partial charge on any atom is -0.458 e. The molecule has 0 radical (unpaired) electrons. The average Bonchev–Trinajstić information content (AvgIpc) is 3.44. The minimum atomic E-state index is -1.18. The first kappa shape index (κ1) is 37.6. The Morgan fingerprint density at radius 3 is 1.75 bits per heavy atom. The molecule has 0 N–H and O–H groups in total. The van der Waals surface area contributed by atoms with Crippen molar-refractivity contribution in [3.05, 3.63) is 83.4 Å². The quantitative estimate of drug-likeness (QED) is 0.124. The smallest absolute Gasteiger partial charge is 0.458 e. The summed E-state index contributed by atoms with van der Waals surface area (Å²) in [7, 11) is -1.67. The van der Waals surface area contributed by atoms with Gasteiger partial charge < -0.3 is 23.4 Å². The number of benzene rings is 4. The van der Waals surface area contributed by atoms with Gasteiger partial charge in [-0.25, -0.2) is 8.78 Å². The lowest BCUT2D eigenvalue weighted by Gasteiger charge is -2.47. The van der Waals surface area contributed by atoms with Crippen LogP contribution in [-0.4, -0.2) is 48.7 Å². The third-order valence-electron chi connectivity index (χ3n) is 10.9. The monoisotopic (exact) mass is 704 g/mol. The molecule has 10 heteroatoms. The second kappa shape index (κ2) is 13.0. The number of terminal acetylenes is 1. The third kappa shape index (κ3) is 6.41. The number of esters is 1. The van der Waals surface area contributed by atoms with Gasteiger partial charge >= 0.3 is 20.2 Å². The molecule has 2 fully saturated rings. The SMILES string of the molecule is C#Cc1c(F)ccc2cccc(B3OC(C)(C)C(C)(C(OC(=O)CC#Cc4c(F)ccc5cccc(B6OC(C)(C)C(C)(C)O6)c45)C(C)(C)C)O3)c12. The van der Waals surface area contributed by atoms with Gasteiger partial charge in [-0.15, -0.1) is 6.42 Å². The first-order valence-corrected chi connectivity index (χ1v) is 17.5. The molecule has 0 saturated carbocycles. The summed E-state index contributed by atoms with van der Waals surface area (Å²) >= 11 is 0. The molecule has 6 rings (SSSR count). The largest absolute Gasteiger partial charge is 0.495 e. The van der Waals surface area contributed by atoms with Crippen molar-refractivity contribution in [1.29, 1.82) is 0 Å². The zero-order valence-corrected chi connectivity index (χ0v) is 31.5. The first-order chi connectivity index (χ1) is 24.2. The normalized spacial score (nSPS) is 21.1. The van der Waals surface area contributed by atoms with Gasteiger partial charge in [-0.2, -0.15) is 0 Å². The molecule has 268 valence electrons. The van der Waals surface area contributed by atoms with Gasteiger partial charge in [0.25, 0.3) is 0 Å². The summed E-state index contributed by atoms with van der Waals surface area (Å²) in [5, 5.41) is 2.60. The second-order valence-corrected chi connectivity index (χ2v) is 16.4. The number of halogens is 2. The molecule has 0 aliphatic carbocycles. The van der Waals surface area contributed by atoms with Gasteiger partial charge in [0, 0.05) is 16.2 Å². The number of rotatable bonds is 5. The van der Waals surface area contributed by atoms with E-state index in [0.717, 1.165) is 10.8 Å². The average molecular weight is 704 g/mol. The van der Waals surface area contributed by atoms with E-state index >= 15 is 4.39 Å². The molecule has 0 aromatic heterocycles. The topological polar surface area (TPSA) is 63.2 Å². The van der Waals surface area contributed by atoms with Gasteiger partial charge in [0.05, 0.1) is 27.9 Å². The summed E-state index contributed by atoms with van der Waals surface area (Å²) in [5.41, 5.74) is -2.48. The molecule has 2 aliphatic heterocycles. The van der Waals surface area contributed by atoms with E-state index < -0.39 is 65.8 Å². The predicted octanol–water partition coefficient (Wildman–Crippen LogP) is 7.23. The van der Waals surface area contributed by atoms with E-state index in [4.69, 9.17) is 29.8 Å². The summed E-state index contributed by atoms with van der Waals surface area (Å²) in [6.45, 7) is 19.3. The van der Waals surface area contributed by atoms with Crippen molar-refractivity contribution in [3.63, 3.8) is 0 Å². The van der Waals surface area contributed by atoms with Gasteiger partial charge in [0.15, 0.2) is 0 Å². The molecule has 0 spiro atoms. The molecule has 2 aliphatic rings. The maximum absolute atomic E-state index is 15.5. The van der Waals surface area contributed by atoms with Crippen molar-refractivity contribution in [3.8, 4) is 24.2 Å². The Hall–Kier alpha value is -4.18. The second-order valence-electron chi connectivity index (χ2n) is 16.4. The van der Waals surface area contributed by atoms with Crippen LogP contribution in [0, 0.1) is 41.2 Å². The lowest BCUT2D eigenvalue weighted by Crippen LogP contribution is -2.59. The number of carbonyl (C=O) groups is 1. The van der Waals surface area contributed by atoms with Gasteiger partial charge in [0.1, 0.15) is 29.8 Å². The highest BCUT2D eigenvalue weighted by Crippen LogP contribution is 2.47. The standard InChI is InChI=1S/C42H44B2F2O6/c1-12-28-32(45)24-22-26-16-13-19-30(35(26)28)44-51-41(9,10)42(11,52-44)37(38(2,3)4)48-34(47)21-15-18-29-33(46)25-23-27-17-14-20-31(36(27)29)43-49-39(5,6)40(7,8)50-43/h1,13-14,16-17,19-20,22-25,37H,21H2,2-11H3. The lowest BCUT2D eigenvalue weighted by molar-refractivity contribution is -0.184. The molecular weight excluding hydrogens is 660 g/mol. The van der Waals surface area contributed by atoms with Gasteiger partial charge in [-0.05, 0) is 82.3 Å². The van der Waals surface area contributed by atoms with Crippen LogP contribution in [0.4, 0.5) is 8.78 Å². The summed E-state index contributed by atoms with van der Waals surface area (Å²) in [6, 6.07) is 17.1. The summed E-state index contributed by atoms with van der Waals surface area (Å²) in [5.74, 6) is 6.62. The number of carbonyl (C=O) groups excluding carboxylic acids is 1.